The standard InChI is InChI=1S/C32H36ClN3O3/c1-20(2)28(31(39)36-16-15-27(32(3,4)19-36)21-11-13-26(33)14-12-21)35-30(38)25-10-6-8-23(18-25)22-7-5-9-24(17-22)29(34)37/h5-14,17-18,20,27-28H,15-16,19H2,1-4H3,(H2,34,37)(H,35,38)/t27-,28-/m1/s1. The van der Waals surface area contributed by atoms with Crippen LogP contribution in [0.25, 0.3) is 11.1 Å². The third kappa shape index (κ3) is 6.51. The Balaban J connectivity index is 1.48. The number of halogens is 1. The summed E-state index contributed by atoms with van der Waals surface area (Å²) in [6.07, 6.45) is 0.839. The number of primary amides is 1. The molecule has 4 rings (SSSR count). The van der Waals surface area contributed by atoms with Crippen molar-refractivity contribution in [2.75, 3.05) is 13.1 Å². The second-order valence-corrected chi connectivity index (χ2v) is 11.8. The molecule has 7 heteroatoms. The molecule has 0 aliphatic carbocycles. The Morgan fingerprint density at radius 1 is 0.949 bits per heavy atom. The van der Waals surface area contributed by atoms with Crippen molar-refractivity contribution in [3.05, 3.63) is 94.5 Å². The van der Waals surface area contributed by atoms with E-state index in [2.05, 4.69) is 31.3 Å². The normalized spacial score (nSPS) is 17.5. The van der Waals surface area contributed by atoms with Crippen LogP contribution in [0.3, 0.4) is 0 Å². The molecule has 1 saturated heterocycles. The molecule has 1 aliphatic rings. The fourth-order valence-electron chi connectivity index (χ4n) is 5.48. The summed E-state index contributed by atoms with van der Waals surface area (Å²) in [6, 6.07) is 21.4. The third-order valence-electron chi connectivity index (χ3n) is 7.64. The summed E-state index contributed by atoms with van der Waals surface area (Å²) < 4.78 is 0. The average molecular weight is 546 g/mol. The fourth-order valence-corrected chi connectivity index (χ4v) is 5.61. The number of rotatable bonds is 7. The number of nitrogens with zero attached hydrogens (tertiary/aromatic N) is 1. The lowest BCUT2D eigenvalue weighted by molar-refractivity contribution is -0.137. The summed E-state index contributed by atoms with van der Waals surface area (Å²) in [6.45, 7) is 9.49. The molecule has 2 atom stereocenters. The first kappa shape index (κ1) is 28.4. The van der Waals surface area contributed by atoms with E-state index in [1.807, 2.05) is 43.0 Å². The van der Waals surface area contributed by atoms with E-state index in [9.17, 15) is 14.4 Å². The summed E-state index contributed by atoms with van der Waals surface area (Å²) in [5.41, 5.74) is 8.92. The van der Waals surface area contributed by atoms with E-state index in [0.29, 0.717) is 35.2 Å². The number of piperidine rings is 1. The molecule has 3 aromatic carbocycles. The number of hydrogen-bond donors (Lipinski definition) is 2. The minimum atomic E-state index is -0.651. The molecule has 1 fully saturated rings. The van der Waals surface area contributed by atoms with Gasteiger partial charge in [0, 0.05) is 29.2 Å². The molecule has 3 amide bonds. The molecule has 204 valence electrons. The molecule has 1 aliphatic heterocycles. The van der Waals surface area contributed by atoms with Gasteiger partial charge in [-0.05, 0) is 76.8 Å². The van der Waals surface area contributed by atoms with Crippen LogP contribution in [0.2, 0.25) is 5.02 Å². The lowest BCUT2D eigenvalue weighted by Crippen LogP contribution is -2.55. The van der Waals surface area contributed by atoms with E-state index in [-0.39, 0.29) is 23.1 Å². The van der Waals surface area contributed by atoms with E-state index in [1.54, 1.807) is 36.4 Å². The van der Waals surface area contributed by atoms with Gasteiger partial charge in [0.25, 0.3) is 5.91 Å². The van der Waals surface area contributed by atoms with E-state index in [0.717, 1.165) is 17.5 Å². The van der Waals surface area contributed by atoms with Gasteiger partial charge in [-0.2, -0.15) is 0 Å². The highest BCUT2D eigenvalue weighted by atomic mass is 35.5. The molecular formula is C32H36ClN3O3. The Morgan fingerprint density at radius 3 is 2.10 bits per heavy atom. The molecular weight excluding hydrogens is 510 g/mol. The predicted molar refractivity (Wildman–Crippen MR) is 156 cm³/mol. The molecule has 0 unspecified atom stereocenters. The SMILES string of the molecule is CC(C)[C@@H](NC(=O)c1cccc(-c2cccc(C(N)=O)c2)c1)C(=O)N1CC[C@H](c2ccc(Cl)cc2)C(C)(C)C1. The maximum Gasteiger partial charge on any atom is 0.251 e. The van der Waals surface area contributed by atoms with E-state index >= 15 is 0 Å². The lowest BCUT2D eigenvalue weighted by atomic mass is 9.70. The van der Waals surface area contributed by atoms with E-state index in [1.165, 1.54) is 5.56 Å². The van der Waals surface area contributed by atoms with Crippen LogP contribution >= 0.6 is 11.6 Å². The van der Waals surface area contributed by atoms with Crippen LogP contribution in [0, 0.1) is 11.3 Å². The van der Waals surface area contributed by atoms with Crippen molar-refractivity contribution in [2.45, 2.75) is 46.1 Å². The van der Waals surface area contributed by atoms with Crippen LogP contribution in [-0.2, 0) is 4.79 Å². The Bertz CT molecular complexity index is 1370. The first-order valence-electron chi connectivity index (χ1n) is 13.3. The van der Waals surface area contributed by atoms with Gasteiger partial charge < -0.3 is 16.0 Å². The van der Waals surface area contributed by atoms with Gasteiger partial charge in [0.15, 0.2) is 0 Å². The lowest BCUT2D eigenvalue weighted by Gasteiger charge is -2.45. The van der Waals surface area contributed by atoms with Gasteiger partial charge in [-0.3, -0.25) is 14.4 Å². The van der Waals surface area contributed by atoms with Crippen LogP contribution < -0.4 is 11.1 Å². The molecule has 3 N–H and O–H groups in total. The first-order valence-corrected chi connectivity index (χ1v) is 13.7. The van der Waals surface area contributed by atoms with Gasteiger partial charge >= 0.3 is 0 Å². The fraction of sp³-hybridized carbons (Fsp3) is 0.344. The number of nitrogens with two attached hydrogens (primary N) is 1. The maximum absolute atomic E-state index is 13.7. The van der Waals surface area contributed by atoms with Crippen LogP contribution in [-0.4, -0.2) is 41.8 Å². The van der Waals surface area contributed by atoms with Crippen molar-refractivity contribution in [3.63, 3.8) is 0 Å². The van der Waals surface area contributed by atoms with E-state index < -0.39 is 11.9 Å². The van der Waals surface area contributed by atoms with Gasteiger partial charge in [-0.25, -0.2) is 0 Å². The molecule has 0 aromatic heterocycles. The molecule has 6 nitrogen and oxygen atoms in total. The Hall–Kier alpha value is -3.64. The van der Waals surface area contributed by atoms with Crippen LogP contribution in [0.4, 0.5) is 0 Å². The summed E-state index contributed by atoms with van der Waals surface area (Å²) >= 11 is 6.09. The third-order valence-corrected chi connectivity index (χ3v) is 7.89. The minimum Gasteiger partial charge on any atom is -0.366 e. The second kappa shape index (κ2) is 11.6. The van der Waals surface area contributed by atoms with Crippen molar-refractivity contribution < 1.29 is 14.4 Å². The smallest absolute Gasteiger partial charge is 0.251 e. The highest BCUT2D eigenvalue weighted by Crippen LogP contribution is 2.42. The average Bonchev–Trinajstić information content (AvgIpc) is 2.91. The molecule has 0 radical (unpaired) electrons. The summed E-state index contributed by atoms with van der Waals surface area (Å²) in [7, 11) is 0. The van der Waals surface area contributed by atoms with Crippen molar-refractivity contribution in [2.24, 2.45) is 17.1 Å². The molecule has 3 aromatic rings. The second-order valence-electron chi connectivity index (χ2n) is 11.4. The van der Waals surface area contributed by atoms with Crippen molar-refractivity contribution in [3.8, 4) is 11.1 Å². The highest BCUT2D eigenvalue weighted by Gasteiger charge is 2.40. The summed E-state index contributed by atoms with van der Waals surface area (Å²) in [5, 5.41) is 3.71. The number of hydrogen-bond acceptors (Lipinski definition) is 3. The van der Waals surface area contributed by atoms with Gasteiger partial charge in [0.05, 0.1) is 0 Å². The number of carbonyl (C=O) groups excluding carboxylic acids is 3. The monoisotopic (exact) mass is 545 g/mol. The van der Waals surface area contributed by atoms with Crippen LogP contribution in [0.5, 0.6) is 0 Å². The Morgan fingerprint density at radius 2 is 1.54 bits per heavy atom. The maximum atomic E-state index is 13.7. The number of likely N-dealkylation sites (tertiary alicyclic amines) is 1. The topological polar surface area (TPSA) is 92.5 Å². The van der Waals surface area contributed by atoms with Gasteiger partial charge in [0.1, 0.15) is 6.04 Å². The number of nitrogens with one attached hydrogen (secondary N) is 1. The zero-order valence-electron chi connectivity index (χ0n) is 22.9. The molecule has 39 heavy (non-hydrogen) atoms. The van der Waals surface area contributed by atoms with Crippen LogP contribution in [0.1, 0.15) is 66.3 Å². The number of benzene rings is 3. The Kier molecular flexibility index (Phi) is 8.45. The van der Waals surface area contributed by atoms with Crippen molar-refractivity contribution >= 4 is 29.3 Å². The molecule has 0 saturated carbocycles. The molecule has 0 spiro atoms. The Labute approximate surface area is 235 Å². The van der Waals surface area contributed by atoms with E-state index in [4.69, 9.17) is 17.3 Å². The molecule has 0 bridgehead atoms. The highest BCUT2D eigenvalue weighted by molar-refractivity contribution is 6.30. The van der Waals surface area contributed by atoms with Crippen LogP contribution in [0.15, 0.2) is 72.8 Å². The largest absolute Gasteiger partial charge is 0.366 e. The van der Waals surface area contributed by atoms with Gasteiger partial charge in [-0.1, -0.05) is 75.7 Å². The van der Waals surface area contributed by atoms with Crippen molar-refractivity contribution in [1.82, 2.24) is 10.2 Å². The summed E-state index contributed by atoms with van der Waals surface area (Å²) in [5.74, 6) is -0.670. The summed E-state index contributed by atoms with van der Waals surface area (Å²) in [4.78, 5) is 40.5. The minimum absolute atomic E-state index is 0.0636. The first-order chi connectivity index (χ1) is 18.5. The van der Waals surface area contributed by atoms with Gasteiger partial charge in [0.2, 0.25) is 11.8 Å². The zero-order chi connectivity index (χ0) is 28.3. The number of amides is 3. The predicted octanol–water partition coefficient (Wildman–Crippen LogP) is 5.90. The quantitative estimate of drug-likeness (QED) is 0.387. The van der Waals surface area contributed by atoms with Gasteiger partial charge in [-0.15, -0.1) is 0 Å². The van der Waals surface area contributed by atoms with Crippen molar-refractivity contribution in [1.29, 1.82) is 0 Å². The molecule has 1 heterocycles. The zero-order valence-corrected chi connectivity index (χ0v) is 23.7. The number of carbonyl (C=O) groups is 3.